The van der Waals surface area contributed by atoms with Gasteiger partial charge < -0.3 is 5.32 Å². The Morgan fingerprint density at radius 3 is 2.71 bits per heavy atom. The summed E-state index contributed by atoms with van der Waals surface area (Å²) >= 11 is 0. The Balaban J connectivity index is 1.91. The van der Waals surface area contributed by atoms with Gasteiger partial charge in [-0.3, -0.25) is 0 Å². The maximum Gasteiger partial charge on any atom is -0.00171 e. The highest BCUT2D eigenvalue weighted by Crippen LogP contribution is 2.19. The molecule has 1 aliphatic heterocycles. The van der Waals surface area contributed by atoms with Crippen molar-refractivity contribution < 1.29 is 0 Å². The second-order valence-corrected chi connectivity index (χ2v) is 4.55. The molecular formula is C13H19N. The van der Waals surface area contributed by atoms with E-state index < -0.39 is 0 Å². The van der Waals surface area contributed by atoms with E-state index in [0.29, 0.717) is 0 Å². The number of benzene rings is 1. The van der Waals surface area contributed by atoms with Crippen LogP contribution in [0.4, 0.5) is 0 Å². The van der Waals surface area contributed by atoms with Crippen molar-refractivity contribution in [3.8, 4) is 0 Å². The molecule has 1 saturated heterocycles. The molecule has 1 aromatic rings. The van der Waals surface area contributed by atoms with Crippen molar-refractivity contribution in [1.82, 2.24) is 5.32 Å². The van der Waals surface area contributed by atoms with Crippen molar-refractivity contribution >= 4 is 0 Å². The van der Waals surface area contributed by atoms with Gasteiger partial charge in [-0.15, -0.1) is 0 Å². The van der Waals surface area contributed by atoms with Crippen LogP contribution in [-0.4, -0.2) is 13.1 Å². The minimum absolute atomic E-state index is 0.834. The molecule has 0 amide bonds. The lowest BCUT2D eigenvalue weighted by atomic mass is 9.87. The molecule has 0 bridgehead atoms. The maximum atomic E-state index is 3.50. The van der Waals surface area contributed by atoms with Crippen molar-refractivity contribution in [2.75, 3.05) is 13.1 Å². The molecule has 0 spiro atoms. The second kappa shape index (κ2) is 4.61. The third-order valence-corrected chi connectivity index (χ3v) is 3.03. The lowest BCUT2D eigenvalue weighted by molar-refractivity contribution is 0.301. The Kier molecular flexibility index (Phi) is 3.20. The van der Waals surface area contributed by atoms with E-state index in [-0.39, 0.29) is 0 Å². The number of rotatable bonds is 2. The van der Waals surface area contributed by atoms with Gasteiger partial charge in [-0.2, -0.15) is 0 Å². The van der Waals surface area contributed by atoms with Gasteiger partial charge >= 0.3 is 0 Å². The van der Waals surface area contributed by atoms with Crippen molar-refractivity contribution in [3.05, 3.63) is 35.9 Å². The van der Waals surface area contributed by atoms with Gasteiger partial charge in [0.2, 0.25) is 0 Å². The Hall–Kier alpha value is -0.820. The van der Waals surface area contributed by atoms with Gasteiger partial charge in [-0.1, -0.05) is 37.3 Å². The van der Waals surface area contributed by atoms with Crippen LogP contribution in [0.25, 0.3) is 0 Å². The maximum absolute atomic E-state index is 3.50. The van der Waals surface area contributed by atoms with Crippen molar-refractivity contribution in [1.29, 1.82) is 0 Å². The number of piperidine rings is 1. The summed E-state index contributed by atoms with van der Waals surface area (Å²) in [4.78, 5) is 0. The SMILES string of the molecule is CC1CNCC(Cc2ccccc2)C1. The third-order valence-electron chi connectivity index (χ3n) is 3.03. The van der Waals surface area contributed by atoms with Gasteiger partial charge in [0, 0.05) is 0 Å². The van der Waals surface area contributed by atoms with Crippen molar-refractivity contribution in [3.63, 3.8) is 0 Å². The van der Waals surface area contributed by atoms with E-state index in [0.717, 1.165) is 11.8 Å². The van der Waals surface area contributed by atoms with E-state index in [1.165, 1.54) is 31.5 Å². The first-order valence-electron chi connectivity index (χ1n) is 5.59. The van der Waals surface area contributed by atoms with Crippen LogP contribution in [-0.2, 0) is 6.42 Å². The number of nitrogens with one attached hydrogen (secondary N) is 1. The molecule has 1 fully saturated rings. The molecule has 1 heterocycles. The van der Waals surface area contributed by atoms with Crippen LogP contribution in [0.1, 0.15) is 18.9 Å². The van der Waals surface area contributed by atoms with Gasteiger partial charge in [-0.05, 0) is 43.3 Å². The van der Waals surface area contributed by atoms with Gasteiger partial charge in [0.1, 0.15) is 0 Å². The van der Waals surface area contributed by atoms with E-state index in [2.05, 4.69) is 42.6 Å². The predicted octanol–water partition coefficient (Wildman–Crippen LogP) is 2.47. The molecule has 1 heteroatoms. The van der Waals surface area contributed by atoms with E-state index in [4.69, 9.17) is 0 Å². The molecule has 0 radical (unpaired) electrons. The van der Waals surface area contributed by atoms with Crippen LogP contribution in [0.3, 0.4) is 0 Å². The summed E-state index contributed by atoms with van der Waals surface area (Å²) in [5.74, 6) is 1.68. The summed E-state index contributed by atoms with van der Waals surface area (Å²) in [6, 6.07) is 10.8. The lowest BCUT2D eigenvalue weighted by Gasteiger charge is -2.27. The largest absolute Gasteiger partial charge is 0.316 e. The molecule has 0 aliphatic carbocycles. The van der Waals surface area contributed by atoms with E-state index >= 15 is 0 Å². The molecule has 2 rings (SSSR count). The molecule has 1 N–H and O–H groups in total. The average Bonchev–Trinajstić information content (AvgIpc) is 2.19. The smallest absolute Gasteiger partial charge is 0.00171 e. The molecule has 0 saturated carbocycles. The molecule has 0 aromatic heterocycles. The molecular weight excluding hydrogens is 170 g/mol. The standard InChI is InChI=1S/C13H19N/c1-11-7-13(10-14-9-11)8-12-5-3-2-4-6-12/h2-6,11,13-14H,7-10H2,1H3. The Morgan fingerprint density at radius 2 is 2.00 bits per heavy atom. The summed E-state index contributed by atoms with van der Waals surface area (Å²) in [6.07, 6.45) is 2.61. The Bertz CT molecular complexity index is 268. The summed E-state index contributed by atoms with van der Waals surface area (Å²) in [6.45, 7) is 4.73. The highest BCUT2D eigenvalue weighted by Gasteiger charge is 2.18. The zero-order valence-corrected chi connectivity index (χ0v) is 8.87. The Labute approximate surface area is 86.5 Å². The van der Waals surface area contributed by atoms with Crippen LogP contribution in [0.2, 0.25) is 0 Å². The molecule has 1 aromatic carbocycles. The van der Waals surface area contributed by atoms with Crippen LogP contribution >= 0.6 is 0 Å². The highest BCUT2D eigenvalue weighted by atomic mass is 14.9. The van der Waals surface area contributed by atoms with Crippen LogP contribution < -0.4 is 5.32 Å². The minimum atomic E-state index is 0.834. The summed E-state index contributed by atoms with van der Waals surface area (Å²) in [5, 5.41) is 3.50. The first-order chi connectivity index (χ1) is 6.84. The average molecular weight is 189 g/mol. The fraction of sp³-hybridized carbons (Fsp3) is 0.538. The number of hydrogen-bond acceptors (Lipinski definition) is 1. The van der Waals surface area contributed by atoms with Crippen LogP contribution in [0, 0.1) is 11.8 Å². The zero-order valence-electron chi connectivity index (χ0n) is 8.87. The first kappa shape index (κ1) is 9.72. The lowest BCUT2D eigenvalue weighted by Crippen LogP contribution is -2.35. The summed E-state index contributed by atoms with van der Waals surface area (Å²) < 4.78 is 0. The van der Waals surface area contributed by atoms with E-state index in [1.54, 1.807) is 0 Å². The van der Waals surface area contributed by atoms with Gasteiger partial charge in [0.05, 0.1) is 0 Å². The minimum Gasteiger partial charge on any atom is -0.316 e. The van der Waals surface area contributed by atoms with E-state index in [9.17, 15) is 0 Å². The summed E-state index contributed by atoms with van der Waals surface area (Å²) in [7, 11) is 0. The fourth-order valence-electron chi connectivity index (χ4n) is 2.37. The van der Waals surface area contributed by atoms with E-state index in [1.807, 2.05) is 0 Å². The van der Waals surface area contributed by atoms with Crippen LogP contribution in [0.5, 0.6) is 0 Å². The number of hydrogen-bond donors (Lipinski definition) is 1. The summed E-state index contributed by atoms with van der Waals surface area (Å²) in [5.41, 5.74) is 1.48. The van der Waals surface area contributed by atoms with Crippen molar-refractivity contribution in [2.24, 2.45) is 11.8 Å². The zero-order chi connectivity index (χ0) is 9.80. The fourth-order valence-corrected chi connectivity index (χ4v) is 2.37. The monoisotopic (exact) mass is 189 g/mol. The van der Waals surface area contributed by atoms with Gasteiger partial charge in [0.15, 0.2) is 0 Å². The van der Waals surface area contributed by atoms with Crippen LogP contribution in [0.15, 0.2) is 30.3 Å². The normalized spacial score (nSPS) is 27.5. The second-order valence-electron chi connectivity index (χ2n) is 4.55. The van der Waals surface area contributed by atoms with Gasteiger partial charge in [-0.25, -0.2) is 0 Å². The predicted molar refractivity (Wildman–Crippen MR) is 60.3 cm³/mol. The quantitative estimate of drug-likeness (QED) is 0.753. The molecule has 14 heavy (non-hydrogen) atoms. The highest BCUT2D eigenvalue weighted by molar-refractivity contribution is 5.15. The van der Waals surface area contributed by atoms with Gasteiger partial charge in [0.25, 0.3) is 0 Å². The molecule has 1 aliphatic rings. The molecule has 2 unspecified atom stereocenters. The molecule has 1 nitrogen and oxygen atoms in total. The molecule has 2 atom stereocenters. The third kappa shape index (κ3) is 2.58. The topological polar surface area (TPSA) is 12.0 Å². The first-order valence-corrected chi connectivity index (χ1v) is 5.59. The molecule has 76 valence electrons. The van der Waals surface area contributed by atoms with Crippen molar-refractivity contribution in [2.45, 2.75) is 19.8 Å². The Morgan fingerprint density at radius 1 is 1.21 bits per heavy atom.